The molecule has 0 aliphatic carbocycles. The highest BCUT2D eigenvalue weighted by molar-refractivity contribution is 5.54. The molecule has 0 radical (unpaired) electrons. The minimum atomic E-state index is 0.00526. The summed E-state index contributed by atoms with van der Waals surface area (Å²) in [7, 11) is 0. The van der Waals surface area contributed by atoms with Crippen LogP contribution in [0.4, 0.5) is 5.69 Å². The number of aromatic nitrogens is 1. The van der Waals surface area contributed by atoms with Crippen molar-refractivity contribution in [3.63, 3.8) is 0 Å². The number of nitrogens with one attached hydrogen (secondary N) is 1. The molecule has 0 saturated carbocycles. The summed E-state index contributed by atoms with van der Waals surface area (Å²) in [6, 6.07) is 5.79. The largest absolute Gasteiger partial charge is 0.396 e. The summed E-state index contributed by atoms with van der Waals surface area (Å²) >= 11 is 0. The van der Waals surface area contributed by atoms with Gasteiger partial charge in [0.1, 0.15) is 6.07 Å². The minimum absolute atomic E-state index is 0.00526. The predicted molar refractivity (Wildman–Crippen MR) is 67.5 cm³/mol. The topological polar surface area (TPSA) is 68.9 Å². The molecule has 1 rings (SSSR count). The van der Waals surface area contributed by atoms with Crippen molar-refractivity contribution in [1.29, 1.82) is 5.26 Å². The van der Waals surface area contributed by atoms with Gasteiger partial charge < -0.3 is 10.4 Å². The molecule has 0 aliphatic heterocycles. The summed E-state index contributed by atoms with van der Waals surface area (Å²) in [5, 5.41) is 21.3. The maximum absolute atomic E-state index is 9.08. The van der Waals surface area contributed by atoms with E-state index < -0.39 is 0 Å². The van der Waals surface area contributed by atoms with Crippen molar-refractivity contribution in [2.24, 2.45) is 5.41 Å². The Morgan fingerprint density at radius 2 is 2.24 bits per heavy atom. The second kappa shape index (κ2) is 5.65. The van der Waals surface area contributed by atoms with Crippen LogP contribution in [0.15, 0.2) is 18.3 Å². The van der Waals surface area contributed by atoms with Crippen molar-refractivity contribution in [3.05, 3.63) is 24.0 Å². The van der Waals surface area contributed by atoms with Gasteiger partial charge in [-0.3, -0.25) is 0 Å². The molecule has 92 valence electrons. The van der Waals surface area contributed by atoms with E-state index in [-0.39, 0.29) is 18.1 Å². The molecule has 0 fully saturated rings. The van der Waals surface area contributed by atoms with Gasteiger partial charge in [-0.2, -0.15) is 5.26 Å². The molecule has 0 bridgehead atoms. The van der Waals surface area contributed by atoms with Gasteiger partial charge in [-0.25, -0.2) is 4.98 Å². The van der Waals surface area contributed by atoms with E-state index in [1.165, 1.54) is 0 Å². The number of nitrogens with zero attached hydrogens (tertiary/aromatic N) is 2. The monoisotopic (exact) mass is 233 g/mol. The second-order valence-corrected chi connectivity index (χ2v) is 5.09. The van der Waals surface area contributed by atoms with Gasteiger partial charge >= 0.3 is 0 Å². The fraction of sp³-hybridized carbons (Fsp3) is 0.538. The van der Waals surface area contributed by atoms with Gasteiger partial charge in [-0.1, -0.05) is 20.8 Å². The molecule has 2 N–H and O–H groups in total. The van der Waals surface area contributed by atoms with E-state index in [2.05, 4.69) is 37.1 Å². The third-order valence-corrected chi connectivity index (χ3v) is 2.71. The fourth-order valence-electron chi connectivity index (χ4n) is 1.65. The smallest absolute Gasteiger partial charge is 0.163 e. The lowest BCUT2D eigenvalue weighted by molar-refractivity contribution is 0.235. The zero-order valence-electron chi connectivity index (χ0n) is 10.6. The van der Waals surface area contributed by atoms with Crippen LogP contribution in [-0.2, 0) is 0 Å². The van der Waals surface area contributed by atoms with E-state index in [1.807, 2.05) is 6.07 Å². The Bertz CT molecular complexity index is 404. The molecule has 1 aromatic heterocycles. The Balaban J connectivity index is 2.91. The van der Waals surface area contributed by atoms with Crippen LogP contribution in [-0.4, -0.2) is 22.7 Å². The van der Waals surface area contributed by atoms with Gasteiger partial charge in [-0.15, -0.1) is 0 Å². The molecule has 0 aliphatic rings. The number of rotatable bonds is 4. The summed E-state index contributed by atoms with van der Waals surface area (Å²) in [6.07, 6.45) is 2.24. The fourth-order valence-corrected chi connectivity index (χ4v) is 1.65. The van der Waals surface area contributed by atoms with Gasteiger partial charge in [0, 0.05) is 18.8 Å². The lowest BCUT2D eigenvalue weighted by atomic mass is 9.84. The average molecular weight is 233 g/mol. The van der Waals surface area contributed by atoms with Crippen molar-refractivity contribution in [3.8, 4) is 6.07 Å². The van der Waals surface area contributed by atoms with E-state index in [4.69, 9.17) is 10.4 Å². The SMILES string of the molecule is CC(C)(C)C(CCO)Nc1cccnc1C#N. The van der Waals surface area contributed by atoms with Crippen LogP contribution in [0.2, 0.25) is 0 Å². The molecule has 4 nitrogen and oxygen atoms in total. The van der Waals surface area contributed by atoms with Crippen LogP contribution in [0.3, 0.4) is 0 Å². The molecule has 17 heavy (non-hydrogen) atoms. The molecule has 0 amide bonds. The molecule has 1 unspecified atom stereocenters. The summed E-state index contributed by atoms with van der Waals surface area (Å²) < 4.78 is 0. The molecular formula is C13H19N3O. The first-order valence-corrected chi connectivity index (χ1v) is 5.71. The zero-order chi connectivity index (χ0) is 12.9. The standard InChI is InChI=1S/C13H19N3O/c1-13(2,3)12(6-8-17)16-10-5-4-7-15-11(10)9-14/h4-5,7,12,16-17H,6,8H2,1-3H3. The van der Waals surface area contributed by atoms with Crippen molar-refractivity contribution in [2.45, 2.75) is 33.2 Å². The van der Waals surface area contributed by atoms with E-state index >= 15 is 0 Å². The van der Waals surface area contributed by atoms with Crippen LogP contribution >= 0.6 is 0 Å². The van der Waals surface area contributed by atoms with E-state index in [9.17, 15) is 0 Å². The molecule has 0 spiro atoms. The average Bonchev–Trinajstić information content (AvgIpc) is 2.28. The van der Waals surface area contributed by atoms with Gasteiger partial charge in [0.25, 0.3) is 0 Å². The summed E-state index contributed by atoms with van der Waals surface area (Å²) in [5.41, 5.74) is 1.12. The van der Waals surface area contributed by atoms with Crippen LogP contribution in [0.25, 0.3) is 0 Å². The Labute approximate surface area is 102 Å². The molecular weight excluding hydrogens is 214 g/mol. The molecule has 0 saturated heterocycles. The predicted octanol–water partition coefficient (Wildman–Crippen LogP) is 2.16. The van der Waals surface area contributed by atoms with Gasteiger partial charge in [0.15, 0.2) is 5.69 Å². The van der Waals surface area contributed by atoms with Gasteiger partial charge in [0.2, 0.25) is 0 Å². The molecule has 4 heteroatoms. The summed E-state index contributed by atoms with van der Waals surface area (Å²) in [5.74, 6) is 0. The first-order valence-electron chi connectivity index (χ1n) is 5.71. The number of anilines is 1. The number of aliphatic hydroxyl groups excluding tert-OH is 1. The third kappa shape index (κ3) is 3.72. The Hall–Kier alpha value is -1.60. The van der Waals surface area contributed by atoms with Crippen LogP contribution in [0.5, 0.6) is 0 Å². The maximum atomic E-state index is 9.08. The lowest BCUT2D eigenvalue weighted by Crippen LogP contribution is -2.35. The molecule has 0 aromatic carbocycles. The van der Waals surface area contributed by atoms with Crippen molar-refractivity contribution >= 4 is 5.69 Å². The zero-order valence-corrected chi connectivity index (χ0v) is 10.6. The number of aliphatic hydroxyl groups is 1. The number of nitriles is 1. The van der Waals surface area contributed by atoms with E-state index in [0.29, 0.717) is 12.1 Å². The Morgan fingerprint density at radius 1 is 1.53 bits per heavy atom. The van der Waals surface area contributed by atoms with Crippen molar-refractivity contribution in [2.75, 3.05) is 11.9 Å². The van der Waals surface area contributed by atoms with Crippen molar-refractivity contribution < 1.29 is 5.11 Å². The Morgan fingerprint density at radius 3 is 2.76 bits per heavy atom. The number of pyridine rings is 1. The lowest BCUT2D eigenvalue weighted by Gasteiger charge is -2.32. The number of hydrogen-bond acceptors (Lipinski definition) is 4. The molecule has 1 heterocycles. The van der Waals surface area contributed by atoms with Crippen LogP contribution < -0.4 is 5.32 Å². The van der Waals surface area contributed by atoms with E-state index in [1.54, 1.807) is 12.3 Å². The highest BCUT2D eigenvalue weighted by Gasteiger charge is 2.24. The Kier molecular flexibility index (Phi) is 4.47. The van der Waals surface area contributed by atoms with Crippen LogP contribution in [0.1, 0.15) is 32.9 Å². The minimum Gasteiger partial charge on any atom is -0.396 e. The van der Waals surface area contributed by atoms with Crippen LogP contribution in [0, 0.1) is 16.7 Å². The van der Waals surface area contributed by atoms with E-state index in [0.717, 1.165) is 5.69 Å². The molecule has 1 aromatic rings. The first kappa shape index (κ1) is 13.5. The van der Waals surface area contributed by atoms with Crippen molar-refractivity contribution in [1.82, 2.24) is 4.98 Å². The third-order valence-electron chi connectivity index (χ3n) is 2.71. The second-order valence-electron chi connectivity index (χ2n) is 5.09. The summed E-state index contributed by atoms with van der Waals surface area (Å²) in [4.78, 5) is 4.01. The van der Waals surface area contributed by atoms with Gasteiger partial charge in [0.05, 0.1) is 5.69 Å². The highest BCUT2D eigenvalue weighted by Crippen LogP contribution is 2.26. The quantitative estimate of drug-likeness (QED) is 0.836. The highest BCUT2D eigenvalue weighted by atomic mass is 16.3. The van der Waals surface area contributed by atoms with Gasteiger partial charge in [-0.05, 0) is 24.0 Å². The summed E-state index contributed by atoms with van der Waals surface area (Å²) in [6.45, 7) is 6.42. The normalized spacial score (nSPS) is 12.9. The molecule has 1 atom stereocenters. The first-order chi connectivity index (χ1) is 7.99. The number of hydrogen-bond donors (Lipinski definition) is 2. The maximum Gasteiger partial charge on any atom is 0.163 e.